The molecule has 0 fully saturated rings. The fourth-order valence-corrected chi connectivity index (χ4v) is 3.58. The van der Waals surface area contributed by atoms with Gasteiger partial charge in [0.05, 0.1) is 17.1 Å². The first-order valence-electron chi connectivity index (χ1n) is 7.64. The Kier molecular flexibility index (Phi) is 3.82. The molecule has 3 aromatic rings. The lowest BCUT2D eigenvalue weighted by molar-refractivity contribution is 0.418. The molecular weight excluding hydrogens is 339 g/mol. The number of allylic oxidation sites excluding steroid dienone is 1. The first kappa shape index (κ1) is 15.5. The van der Waals surface area contributed by atoms with E-state index in [0.717, 1.165) is 28.2 Å². The lowest BCUT2D eigenvalue weighted by Crippen LogP contribution is -2.14. The van der Waals surface area contributed by atoms with Crippen molar-refractivity contribution in [2.45, 2.75) is 6.54 Å². The Labute approximate surface area is 146 Å². The number of para-hydroxylation sites is 1. The summed E-state index contributed by atoms with van der Waals surface area (Å²) in [6.45, 7) is -0.0122. The number of rotatable bonds is 3. The number of hydrogen-bond donors (Lipinski definition) is 1. The topological polar surface area (TPSA) is 54.6 Å². The molecule has 1 aromatic heterocycles. The second-order valence-corrected chi connectivity index (χ2v) is 6.60. The maximum Gasteiger partial charge on any atom is 0.310 e. The van der Waals surface area contributed by atoms with Crippen LogP contribution in [0, 0.1) is 5.82 Å². The van der Waals surface area contributed by atoms with E-state index in [-0.39, 0.29) is 17.3 Å². The highest BCUT2D eigenvalue weighted by Crippen LogP contribution is 2.34. The van der Waals surface area contributed by atoms with Crippen molar-refractivity contribution < 1.29 is 9.50 Å². The maximum absolute atomic E-state index is 13.8. The number of aromatic nitrogens is 1. The quantitative estimate of drug-likeness (QED) is 0.773. The molecule has 1 N–H and O–H groups in total. The number of aliphatic imine (C=N–C) groups is 1. The van der Waals surface area contributed by atoms with Crippen molar-refractivity contribution in [3.63, 3.8) is 0 Å². The standard InChI is InChI=1S/C19H13FN2O2S/c20-15-7-3-1-5-12(15)11-22-18(23)17(25-19(22)24)9-13-10-21-16-8-4-2-6-14(13)16/h1-10,23H,11H2. The molecule has 0 unspecified atom stereocenters. The predicted molar refractivity (Wildman–Crippen MR) is 98.2 cm³/mol. The minimum atomic E-state index is -0.406. The van der Waals surface area contributed by atoms with Crippen LogP contribution in [0.25, 0.3) is 11.6 Å². The van der Waals surface area contributed by atoms with Crippen molar-refractivity contribution in [1.82, 2.24) is 4.57 Å². The molecule has 0 spiro atoms. The summed E-state index contributed by atoms with van der Waals surface area (Å²) in [5.74, 6) is -0.569. The lowest BCUT2D eigenvalue weighted by Gasteiger charge is -2.05. The average Bonchev–Trinajstić information content (AvgIpc) is 3.13. The minimum absolute atomic E-state index is 0.0122. The van der Waals surface area contributed by atoms with Gasteiger partial charge in [-0.1, -0.05) is 47.7 Å². The van der Waals surface area contributed by atoms with Crippen molar-refractivity contribution in [3.8, 4) is 5.88 Å². The SMILES string of the molecule is O=c1sc(C=C2C=Nc3ccccc32)c(O)n1Cc1ccccc1F. The molecule has 4 nitrogen and oxygen atoms in total. The second kappa shape index (κ2) is 6.14. The van der Waals surface area contributed by atoms with E-state index >= 15 is 0 Å². The van der Waals surface area contributed by atoms with E-state index in [9.17, 15) is 14.3 Å². The molecule has 124 valence electrons. The molecule has 2 heterocycles. The monoisotopic (exact) mass is 352 g/mol. The zero-order valence-corrected chi connectivity index (χ0v) is 13.8. The van der Waals surface area contributed by atoms with E-state index in [1.807, 2.05) is 24.3 Å². The van der Waals surface area contributed by atoms with Gasteiger partial charge in [-0.25, -0.2) is 4.39 Å². The zero-order valence-electron chi connectivity index (χ0n) is 13.0. The van der Waals surface area contributed by atoms with Crippen LogP contribution in [0.1, 0.15) is 16.0 Å². The fraction of sp³-hybridized carbons (Fsp3) is 0.0526. The normalized spacial score (nSPS) is 14.2. The molecule has 0 atom stereocenters. The van der Waals surface area contributed by atoms with Gasteiger partial charge < -0.3 is 5.11 Å². The summed E-state index contributed by atoms with van der Waals surface area (Å²) < 4.78 is 15.0. The first-order valence-corrected chi connectivity index (χ1v) is 8.46. The minimum Gasteiger partial charge on any atom is -0.493 e. The van der Waals surface area contributed by atoms with Gasteiger partial charge in [0.15, 0.2) is 0 Å². The number of benzene rings is 2. The summed E-state index contributed by atoms with van der Waals surface area (Å²) in [7, 11) is 0. The number of thiazole rings is 1. The summed E-state index contributed by atoms with van der Waals surface area (Å²) in [5.41, 5.74) is 2.98. The van der Waals surface area contributed by atoms with Gasteiger partial charge in [0, 0.05) is 22.9 Å². The third-order valence-corrected chi connectivity index (χ3v) is 4.94. The van der Waals surface area contributed by atoms with Crippen molar-refractivity contribution in [2.75, 3.05) is 0 Å². The van der Waals surface area contributed by atoms with Gasteiger partial charge in [0.2, 0.25) is 5.88 Å². The van der Waals surface area contributed by atoms with Crippen LogP contribution >= 0.6 is 11.3 Å². The molecule has 0 saturated heterocycles. The van der Waals surface area contributed by atoms with E-state index in [4.69, 9.17) is 0 Å². The van der Waals surface area contributed by atoms with Crippen molar-refractivity contribution in [2.24, 2.45) is 4.99 Å². The fourth-order valence-electron chi connectivity index (χ4n) is 2.74. The van der Waals surface area contributed by atoms with Gasteiger partial charge in [0.25, 0.3) is 0 Å². The Morgan fingerprint density at radius 3 is 2.76 bits per heavy atom. The second-order valence-electron chi connectivity index (χ2n) is 5.61. The Morgan fingerprint density at radius 2 is 1.92 bits per heavy atom. The van der Waals surface area contributed by atoms with E-state index in [1.54, 1.807) is 30.5 Å². The Hall–Kier alpha value is -2.99. The van der Waals surface area contributed by atoms with E-state index in [1.165, 1.54) is 10.6 Å². The summed E-state index contributed by atoms with van der Waals surface area (Å²) in [5, 5.41) is 10.4. The van der Waals surface area contributed by atoms with E-state index in [0.29, 0.717) is 10.4 Å². The maximum atomic E-state index is 13.8. The molecule has 1 aliphatic rings. The third kappa shape index (κ3) is 2.81. The van der Waals surface area contributed by atoms with Crippen LogP contribution < -0.4 is 4.87 Å². The largest absolute Gasteiger partial charge is 0.493 e. The van der Waals surface area contributed by atoms with Gasteiger partial charge in [-0.3, -0.25) is 14.4 Å². The highest BCUT2D eigenvalue weighted by Gasteiger charge is 2.17. The van der Waals surface area contributed by atoms with Crippen molar-refractivity contribution >= 4 is 34.9 Å². The predicted octanol–water partition coefficient (Wildman–Crippen LogP) is 4.06. The number of aromatic hydroxyl groups is 1. The summed E-state index contributed by atoms with van der Waals surface area (Å²) in [6, 6.07) is 13.9. The Balaban J connectivity index is 1.72. The summed E-state index contributed by atoms with van der Waals surface area (Å²) >= 11 is 0.925. The molecule has 0 amide bonds. The molecule has 2 aromatic carbocycles. The van der Waals surface area contributed by atoms with Crippen LogP contribution in [0.3, 0.4) is 0 Å². The van der Waals surface area contributed by atoms with E-state index < -0.39 is 5.82 Å². The highest BCUT2D eigenvalue weighted by molar-refractivity contribution is 7.10. The number of hydrogen-bond acceptors (Lipinski definition) is 4. The molecule has 4 rings (SSSR count). The number of halogens is 1. The van der Waals surface area contributed by atoms with Crippen LogP contribution in [-0.4, -0.2) is 15.9 Å². The van der Waals surface area contributed by atoms with Gasteiger partial charge in [0.1, 0.15) is 5.82 Å². The van der Waals surface area contributed by atoms with E-state index in [2.05, 4.69) is 4.99 Å². The van der Waals surface area contributed by atoms with Crippen LogP contribution in [0.15, 0.2) is 58.3 Å². The van der Waals surface area contributed by atoms with Crippen LogP contribution in [-0.2, 0) is 6.54 Å². The molecule has 0 aliphatic carbocycles. The Bertz CT molecular complexity index is 1080. The van der Waals surface area contributed by atoms with Crippen LogP contribution in [0.5, 0.6) is 5.88 Å². The first-order chi connectivity index (χ1) is 12.1. The Morgan fingerprint density at radius 1 is 1.16 bits per heavy atom. The molecule has 6 heteroatoms. The smallest absolute Gasteiger partial charge is 0.310 e. The lowest BCUT2D eigenvalue weighted by atomic mass is 10.1. The van der Waals surface area contributed by atoms with Crippen LogP contribution in [0.4, 0.5) is 10.1 Å². The molecular formula is C19H13FN2O2S. The van der Waals surface area contributed by atoms with Crippen LogP contribution in [0.2, 0.25) is 0 Å². The highest BCUT2D eigenvalue weighted by atomic mass is 32.1. The molecule has 25 heavy (non-hydrogen) atoms. The number of fused-ring (bicyclic) bond motifs is 1. The summed E-state index contributed by atoms with van der Waals surface area (Å²) in [4.78, 5) is 16.6. The summed E-state index contributed by atoms with van der Waals surface area (Å²) in [6.07, 6.45) is 3.43. The van der Waals surface area contributed by atoms with Gasteiger partial charge in [-0.15, -0.1) is 0 Å². The van der Waals surface area contributed by atoms with Crippen molar-refractivity contribution in [1.29, 1.82) is 0 Å². The zero-order chi connectivity index (χ0) is 17.4. The molecule has 1 aliphatic heterocycles. The molecule has 0 bridgehead atoms. The average molecular weight is 352 g/mol. The number of nitrogens with zero attached hydrogens (tertiary/aromatic N) is 2. The van der Waals surface area contributed by atoms with Crippen molar-refractivity contribution in [3.05, 3.63) is 80.0 Å². The van der Waals surface area contributed by atoms with Gasteiger partial charge in [-0.2, -0.15) is 0 Å². The van der Waals surface area contributed by atoms with Gasteiger partial charge in [-0.05, 0) is 18.2 Å². The third-order valence-electron chi connectivity index (χ3n) is 4.02. The molecule has 0 radical (unpaired) electrons. The van der Waals surface area contributed by atoms with Gasteiger partial charge >= 0.3 is 4.87 Å². The molecule has 0 saturated carbocycles.